The standard InChI is InChI=1S/C21H33N5/c1-5-21(6-2,19-12-8-7-9-13-19)17-24-20(22-3)23-14-10-11-18-15-25-26(4)16-18/h7-9,12-13,15-16H,5-6,10-11,14,17H2,1-4H3,(H2,22,23,24). The van der Waals surface area contributed by atoms with Crippen molar-refractivity contribution >= 4 is 5.96 Å². The monoisotopic (exact) mass is 355 g/mol. The molecule has 142 valence electrons. The van der Waals surface area contributed by atoms with E-state index in [1.807, 2.05) is 25.0 Å². The Morgan fingerprint density at radius 3 is 2.46 bits per heavy atom. The number of nitrogens with one attached hydrogen (secondary N) is 2. The van der Waals surface area contributed by atoms with E-state index >= 15 is 0 Å². The number of aromatic nitrogens is 2. The molecule has 1 aromatic heterocycles. The molecule has 1 aromatic carbocycles. The highest BCUT2D eigenvalue weighted by Crippen LogP contribution is 2.30. The van der Waals surface area contributed by atoms with Crippen molar-refractivity contribution < 1.29 is 0 Å². The Morgan fingerprint density at radius 1 is 1.15 bits per heavy atom. The maximum absolute atomic E-state index is 4.38. The number of guanidine groups is 1. The summed E-state index contributed by atoms with van der Waals surface area (Å²) in [6, 6.07) is 10.8. The highest BCUT2D eigenvalue weighted by molar-refractivity contribution is 5.79. The zero-order valence-electron chi connectivity index (χ0n) is 16.6. The molecule has 5 nitrogen and oxygen atoms in total. The van der Waals surface area contributed by atoms with Crippen molar-refractivity contribution in [2.45, 2.75) is 44.9 Å². The van der Waals surface area contributed by atoms with E-state index in [1.165, 1.54) is 11.1 Å². The number of hydrogen-bond donors (Lipinski definition) is 2. The van der Waals surface area contributed by atoms with Crippen LogP contribution in [0.5, 0.6) is 0 Å². The maximum Gasteiger partial charge on any atom is 0.191 e. The van der Waals surface area contributed by atoms with Gasteiger partial charge in [0, 0.05) is 38.8 Å². The van der Waals surface area contributed by atoms with Gasteiger partial charge in [-0.05, 0) is 36.8 Å². The molecule has 0 saturated heterocycles. The molecular formula is C21H33N5. The maximum atomic E-state index is 4.38. The molecule has 0 unspecified atom stereocenters. The number of nitrogens with zero attached hydrogens (tertiary/aromatic N) is 3. The molecule has 5 heteroatoms. The highest BCUT2D eigenvalue weighted by atomic mass is 15.2. The highest BCUT2D eigenvalue weighted by Gasteiger charge is 2.28. The largest absolute Gasteiger partial charge is 0.356 e. The second-order valence-corrected chi connectivity index (χ2v) is 6.83. The molecule has 0 radical (unpaired) electrons. The Balaban J connectivity index is 1.84. The summed E-state index contributed by atoms with van der Waals surface area (Å²) in [6.07, 6.45) is 8.28. The van der Waals surface area contributed by atoms with Gasteiger partial charge in [0.2, 0.25) is 0 Å². The van der Waals surface area contributed by atoms with Crippen LogP contribution in [0, 0.1) is 0 Å². The summed E-state index contributed by atoms with van der Waals surface area (Å²) in [5.41, 5.74) is 2.80. The lowest BCUT2D eigenvalue weighted by Gasteiger charge is -2.33. The first-order valence-corrected chi connectivity index (χ1v) is 9.61. The van der Waals surface area contributed by atoms with Crippen LogP contribution in [0.3, 0.4) is 0 Å². The summed E-state index contributed by atoms with van der Waals surface area (Å²) >= 11 is 0. The molecule has 0 aliphatic heterocycles. The molecule has 2 N–H and O–H groups in total. The molecule has 1 heterocycles. The van der Waals surface area contributed by atoms with Crippen LogP contribution >= 0.6 is 0 Å². The number of benzene rings is 1. The molecule has 2 aromatic rings. The summed E-state index contributed by atoms with van der Waals surface area (Å²) in [4.78, 5) is 4.38. The van der Waals surface area contributed by atoms with Crippen molar-refractivity contribution in [1.29, 1.82) is 0 Å². The van der Waals surface area contributed by atoms with E-state index in [2.05, 4.69) is 71.1 Å². The van der Waals surface area contributed by atoms with Gasteiger partial charge < -0.3 is 10.6 Å². The topological polar surface area (TPSA) is 54.2 Å². The third kappa shape index (κ3) is 5.35. The Labute approximate surface area is 157 Å². The van der Waals surface area contributed by atoms with Crippen LogP contribution in [0.1, 0.15) is 44.2 Å². The van der Waals surface area contributed by atoms with Crippen molar-refractivity contribution in [3.63, 3.8) is 0 Å². The summed E-state index contributed by atoms with van der Waals surface area (Å²) in [5.74, 6) is 0.874. The van der Waals surface area contributed by atoms with Crippen LogP contribution in [0.4, 0.5) is 0 Å². The first-order chi connectivity index (χ1) is 12.6. The Kier molecular flexibility index (Phi) is 7.70. The fourth-order valence-electron chi connectivity index (χ4n) is 3.38. The van der Waals surface area contributed by atoms with Gasteiger partial charge in [0.1, 0.15) is 0 Å². The predicted octanol–water partition coefficient (Wildman–Crippen LogP) is 3.28. The van der Waals surface area contributed by atoms with Gasteiger partial charge in [-0.25, -0.2) is 0 Å². The van der Waals surface area contributed by atoms with Gasteiger partial charge in [0.05, 0.1) is 6.20 Å². The van der Waals surface area contributed by atoms with Gasteiger partial charge in [-0.15, -0.1) is 0 Å². The number of rotatable bonds is 9. The lowest BCUT2D eigenvalue weighted by molar-refractivity contribution is 0.389. The van der Waals surface area contributed by atoms with Crippen LogP contribution < -0.4 is 10.6 Å². The van der Waals surface area contributed by atoms with E-state index in [-0.39, 0.29) is 5.41 Å². The third-order valence-electron chi connectivity index (χ3n) is 5.25. The van der Waals surface area contributed by atoms with E-state index in [9.17, 15) is 0 Å². The van der Waals surface area contributed by atoms with Gasteiger partial charge in [-0.2, -0.15) is 5.10 Å². The summed E-state index contributed by atoms with van der Waals surface area (Å²) < 4.78 is 1.85. The van der Waals surface area contributed by atoms with Gasteiger partial charge in [-0.1, -0.05) is 44.2 Å². The van der Waals surface area contributed by atoms with Crippen molar-refractivity contribution in [2.24, 2.45) is 12.0 Å². The van der Waals surface area contributed by atoms with Crippen LogP contribution in [-0.4, -0.2) is 35.9 Å². The minimum atomic E-state index is 0.134. The van der Waals surface area contributed by atoms with Crippen LogP contribution in [0.25, 0.3) is 0 Å². The average Bonchev–Trinajstić information content (AvgIpc) is 3.10. The van der Waals surface area contributed by atoms with E-state index in [4.69, 9.17) is 0 Å². The van der Waals surface area contributed by atoms with Crippen LogP contribution in [0.2, 0.25) is 0 Å². The van der Waals surface area contributed by atoms with Crippen LogP contribution in [0.15, 0.2) is 47.7 Å². The van der Waals surface area contributed by atoms with E-state index in [1.54, 1.807) is 0 Å². The fourth-order valence-corrected chi connectivity index (χ4v) is 3.38. The Bertz CT molecular complexity index is 671. The molecule has 0 saturated carbocycles. The van der Waals surface area contributed by atoms with Crippen molar-refractivity contribution in [3.8, 4) is 0 Å². The fraction of sp³-hybridized carbons (Fsp3) is 0.524. The predicted molar refractivity (Wildman–Crippen MR) is 110 cm³/mol. The smallest absolute Gasteiger partial charge is 0.191 e. The summed E-state index contributed by atoms with van der Waals surface area (Å²) in [6.45, 7) is 6.31. The summed E-state index contributed by atoms with van der Waals surface area (Å²) in [5, 5.41) is 11.2. The number of aryl methyl sites for hydroxylation is 2. The van der Waals surface area contributed by atoms with Crippen molar-refractivity contribution in [1.82, 2.24) is 20.4 Å². The molecule has 2 rings (SSSR count). The number of hydrogen-bond acceptors (Lipinski definition) is 2. The molecule has 0 spiro atoms. The molecule has 0 fully saturated rings. The van der Waals surface area contributed by atoms with E-state index in [0.717, 1.165) is 44.7 Å². The molecular weight excluding hydrogens is 322 g/mol. The van der Waals surface area contributed by atoms with Gasteiger partial charge in [-0.3, -0.25) is 9.67 Å². The molecule has 0 aliphatic rings. The molecule has 0 aliphatic carbocycles. The molecule has 26 heavy (non-hydrogen) atoms. The van der Waals surface area contributed by atoms with E-state index in [0.29, 0.717) is 0 Å². The second-order valence-electron chi connectivity index (χ2n) is 6.83. The van der Waals surface area contributed by atoms with Crippen molar-refractivity contribution in [2.75, 3.05) is 20.1 Å². The lowest BCUT2D eigenvalue weighted by Crippen LogP contribution is -2.45. The quantitative estimate of drug-likeness (QED) is 0.412. The first kappa shape index (κ1) is 20.0. The van der Waals surface area contributed by atoms with Crippen LogP contribution in [-0.2, 0) is 18.9 Å². The van der Waals surface area contributed by atoms with Gasteiger partial charge in [0.15, 0.2) is 5.96 Å². The minimum Gasteiger partial charge on any atom is -0.356 e. The third-order valence-corrected chi connectivity index (χ3v) is 5.25. The number of aliphatic imine (C=N–C) groups is 1. The van der Waals surface area contributed by atoms with E-state index < -0.39 is 0 Å². The SMILES string of the molecule is CCC(CC)(CNC(=NC)NCCCc1cnn(C)c1)c1ccccc1. The normalized spacial score (nSPS) is 12.2. The Morgan fingerprint density at radius 2 is 1.88 bits per heavy atom. The molecule has 0 atom stereocenters. The zero-order chi connectivity index (χ0) is 18.8. The molecule has 0 amide bonds. The average molecular weight is 356 g/mol. The minimum absolute atomic E-state index is 0.134. The van der Waals surface area contributed by atoms with Gasteiger partial charge >= 0.3 is 0 Å². The second kappa shape index (κ2) is 10.00. The van der Waals surface area contributed by atoms with Gasteiger partial charge in [0.25, 0.3) is 0 Å². The first-order valence-electron chi connectivity index (χ1n) is 9.61. The zero-order valence-corrected chi connectivity index (χ0v) is 16.6. The molecule has 0 bridgehead atoms. The summed E-state index contributed by atoms with van der Waals surface area (Å²) in [7, 11) is 3.78. The van der Waals surface area contributed by atoms with Crippen molar-refractivity contribution in [3.05, 3.63) is 53.9 Å². The Hall–Kier alpha value is -2.30. The lowest BCUT2D eigenvalue weighted by atomic mass is 9.76.